The number of hydrogen-bond donors (Lipinski definition) is 2. The molecule has 0 rings (SSSR count). The van der Waals surface area contributed by atoms with Crippen molar-refractivity contribution in [1.82, 2.24) is 5.32 Å². The van der Waals surface area contributed by atoms with E-state index in [1.165, 1.54) is 12.8 Å². The molecule has 0 bridgehead atoms. The maximum absolute atomic E-state index is 5.65. The van der Waals surface area contributed by atoms with E-state index in [2.05, 4.69) is 39.9 Å². The van der Waals surface area contributed by atoms with Gasteiger partial charge in [0.2, 0.25) is 0 Å². The highest BCUT2D eigenvalue weighted by Gasteiger charge is 2.21. The lowest BCUT2D eigenvalue weighted by Gasteiger charge is -2.31. The van der Waals surface area contributed by atoms with Crippen LogP contribution in [0, 0.1) is 5.41 Å². The molecular weight excluding hydrogens is 160 g/mol. The first-order valence-electron chi connectivity index (χ1n) is 5.28. The number of nitrogens with one attached hydrogen (secondary N) is 1. The second-order valence-corrected chi connectivity index (χ2v) is 5.36. The van der Waals surface area contributed by atoms with Gasteiger partial charge in [-0.2, -0.15) is 0 Å². The van der Waals surface area contributed by atoms with Gasteiger partial charge in [0.15, 0.2) is 0 Å². The lowest BCUT2D eigenvalue weighted by atomic mass is 9.87. The lowest BCUT2D eigenvalue weighted by molar-refractivity contribution is 0.265. The summed E-state index contributed by atoms with van der Waals surface area (Å²) in [5.74, 6) is 0. The van der Waals surface area contributed by atoms with Crippen molar-refractivity contribution >= 4 is 0 Å². The molecular formula is C11H26N2. The fourth-order valence-electron chi connectivity index (χ4n) is 1.32. The Morgan fingerprint density at radius 1 is 1.15 bits per heavy atom. The quantitative estimate of drug-likeness (QED) is 0.667. The maximum Gasteiger partial charge on any atom is 0.0247 e. The zero-order chi connectivity index (χ0) is 10.5. The van der Waals surface area contributed by atoms with Crippen molar-refractivity contribution in [3.8, 4) is 0 Å². The van der Waals surface area contributed by atoms with Crippen molar-refractivity contribution in [3.05, 3.63) is 0 Å². The van der Waals surface area contributed by atoms with E-state index in [0.717, 1.165) is 6.54 Å². The maximum atomic E-state index is 5.65. The monoisotopic (exact) mass is 186 g/mol. The van der Waals surface area contributed by atoms with Crippen molar-refractivity contribution < 1.29 is 0 Å². The van der Waals surface area contributed by atoms with Gasteiger partial charge in [-0.15, -0.1) is 0 Å². The summed E-state index contributed by atoms with van der Waals surface area (Å²) in [5.41, 5.74) is 6.11. The second-order valence-electron chi connectivity index (χ2n) is 5.36. The molecule has 0 radical (unpaired) electrons. The van der Waals surface area contributed by atoms with Gasteiger partial charge in [-0.05, 0) is 25.7 Å². The van der Waals surface area contributed by atoms with Crippen molar-refractivity contribution in [1.29, 1.82) is 0 Å². The van der Waals surface area contributed by atoms with Gasteiger partial charge in [0.25, 0.3) is 0 Å². The summed E-state index contributed by atoms with van der Waals surface area (Å²) < 4.78 is 0. The van der Waals surface area contributed by atoms with E-state index in [4.69, 9.17) is 5.73 Å². The predicted octanol–water partition coefficient (Wildman–Crippen LogP) is 2.14. The smallest absolute Gasteiger partial charge is 0.0247 e. The van der Waals surface area contributed by atoms with Crippen LogP contribution < -0.4 is 11.1 Å². The van der Waals surface area contributed by atoms with Gasteiger partial charge in [-0.3, -0.25) is 0 Å². The Labute approximate surface area is 83.3 Å². The first kappa shape index (κ1) is 12.9. The van der Waals surface area contributed by atoms with Gasteiger partial charge >= 0.3 is 0 Å². The largest absolute Gasteiger partial charge is 0.329 e. The minimum Gasteiger partial charge on any atom is -0.329 e. The van der Waals surface area contributed by atoms with Crippen LogP contribution in [0.5, 0.6) is 0 Å². The molecule has 0 saturated carbocycles. The molecule has 0 atom stereocenters. The van der Waals surface area contributed by atoms with Crippen LogP contribution in [-0.4, -0.2) is 18.6 Å². The fraction of sp³-hybridized carbons (Fsp3) is 1.00. The highest BCUT2D eigenvalue weighted by molar-refractivity contribution is 4.82. The first-order valence-corrected chi connectivity index (χ1v) is 5.28. The van der Waals surface area contributed by atoms with E-state index < -0.39 is 0 Å². The first-order chi connectivity index (χ1) is 5.83. The van der Waals surface area contributed by atoms with Crippen LogP contribution >= 0.6 is 0 Å². The standard InChI is InChI=1S/C11H26N2/c1-6-7-10(2,3)9-13-11(4,5)8-12/h13H,6-9,12H2,1-5H3. The summed E-state index contributed by atoms with van der Waals surface area (Å²) in [5, 5.41) is 3.51. The number of hydrogen-bond acceptors (Lipinski definition) is 2. The molecule has 0 aromatic heterocycles. The van der Waals surface area contributed by atoms with Crippen molar-refractivity contribution in [2.24, 2.45) is 11.1 Å². The van der Waals surface area contributed by atoms with E-state index in [9.17, 15) is 0 Å². The minimum atomic E-state index is 0.0744. The molecule has 0 aliphatic heterocycles. The topological polar surface area (TPSA) is 38.0 Å². The van der Waals surface area contributed by atoms with E-state index in [-0.39, 0.29) is 5.54 Å². The molecule has 0 fully saturated rings. The summed E-state index contributed by atoms with van der Waals surface area (Å²) in [6, 6.07) is 0. The van der Waals surface area contributed by atoms with Crippen LogP contribution in [0.2, 0.25) is 0 Å². The highest BCUT2D eigenvalue weighted by Crippen LogP contribution is 2.21. The molecule has 0 aliphatic carbocycles. The summed E-state index contributed by atoms with van der Waals surface area (Å²) in [6.45, 7) is 12.9. The Morgan fingerprint density at radius 2 is 1.69 bits per heavy atom. The molecule has 0 saturated heterocycles. The third kappa shape index (κ3) is 6.05. The molecule has 0 amide bonds. The molecule has 0 unspecified atom stereocenters. The Bertz CT molecular complexity index is 139. The molecule has 0 aromatic rings. The van der Waals surface area contributed by atoms with Gasteiger partial charge in [0.1, 0.15) is 0 Å². The Balaban J connectivity index is 3.86. The van der Waals surface area contributed by atoms with Crippen LogP contribution in [0.25, 0.3) is 0 Å². The molecule has 2 heteroatoms. The molecule has 3 N–H and O–H groups in total. The molecule has 0 spiro atoms. The average Bonchev–Trinajstić information content (AvgIpc) is 2.02. The summed E-state index contributed by atoms with van der Waals surface area (Å²) in [7, 11) is 0. The van der Waals surface area contributed by atoms with Crippen molar-refractivity contribution in [3.63, 3.8) is 0 Å². The van der Waals surface area contributed by atoms with Gasteiger partial charge in [-0.1, -0.05) is 27.2 Å². The summed E-state index contributed by atoms with van der Waals surface area (Å²) >= 11 is 0. The van der Waals surface area contributed by atoms with Crippen molar-refractivity contribution in [2.45, 2.75) is 53.0 Å². The highest BCUT2D eigenvalue weighted by atomic mass is 15.0. The van der Waals surface area contributed by atoms with E-state index in [1.54, 1.807) is 0 Å². The van der Waals surface area contributed by atoms with Crippen LogP contribution in [0.3, 0.4) is 0 Å². The Hall–Kier alpha value is -0.0800. The van der Waals surface area contributed by atoms with Gasteiger partial charge in [0.05, 0.1) is 0 Å². The van der Waals surface area contributed by atoms with E-state index in [0.29, 0.717) is 12.0 Å². The van der Waals surface area contributed by atoms with Gasteiger partial charge in [0, 0.05) is 18.6 Å². The molecule has 0 aliphatic rings. The molecule has 2 nitrogen and oxygen atoms in total. The van der Waals surface area contributed by atoms with Crippen LogP contribution in [-0.2, 0) is 0 Å². The van der Waals surface area contributed by atoms with Crippen LogP contribution in [0.15, 0.2) is 0 Å². The average molecular weight is 186 g/mol. The third-order valence-electron chi connectivity index (χ3n) is 2.48. The Kier molecular flexibility index (Phi) is 4.93. The zero-order valence-electron chi connectivity index (χ0n) is 9.91. The summed E-state index contributed by atoms with van der Waals surface area (Å²) in [6.07, 6.45) is 2.51. The predicted molar refractivity (Wildman–Crippen MR) is 59.8 cm³/mol. The van der Waals surface area contributed by atoms with Gasteiger partial charge in [-0.25, -0.2) is 0 Å². The van der Waals surface area contributed by atoms with E-state index >= 15 is 0 Å². The van der Waals surface area contributed by atoms with Crippen LogP contribution in [0.1, 0.15) is 47.5 Å². The van der Waals surface area contributed by atoms with Crippen molar-refractivity contribution in [2.75, 3.05) is 13.1 Å². The SMILES string of the molecule is CCCC(C)(C)CNC(C)(C)CN. The van der Waals surface area contributed by atoms with Crippen LogP contribution in [0.4, 0.5) is 0 Å². The summed E-state index contributed by atoms with van der Waals surface area (Å²) in [4.78, 5) is 0. The zero-order valence-corrected chi connectivity index (χ0v) is 9.91. The second kappa shape index (κ2) is 4.97. The fourth-order valence-corrected chi connectivity index (χ4v) is 1.32. The normalized spacial score (nSPS) is 13.4. The lowest BCUT2D eigenvalue weighted by Crippen LogP contribution is -2.49. The minimum absolute atomic E-state index is 0.0744. The Morgan fingerprint density at radius 3 is 2.08 bits per heavy atom. The molecule has 0 heterocycles. The molecule has 0 aromatic carbocycles. The van der Waals surface area contributed by atoms with Gasteiger partial charge < -0.3 is 11.1 Å². The van der Waals surface area contributed by atoms with E-state index in [1.807, 2.05) is 0 Å². The number of nitrogens with two attached hydrogens (primary N) is 1. The molecule has 80 valence electrons. The molecule has 13 heavy (non-hydrogen) atoms. The third-order valence-corrected chi connectivity index (χ3v) is 2.48. The number of rotatable bonds is 6.